The highest BCUT2D eigenvalue weighted by molar-refractivity contribution is 5.52. The summed E-state index contributed by atoms with van der Waals surface area (Å²) < 4.78 is 24.2. The van der Waals surface area contributed by atoms with Crippen molar-refractivity contribution in [1.82, 2.24) is 0 Å². The van der Waals surface area contributed by atoms with Gasteiger partial charge in [0.25, 0.3) is 0 Å². The zero-order valence-electron chi connectivity index (χ0n) is 16.7. The minimum atomic E-state index is -0.698. The molecule has 3 atom stereocenters. The van der Waals surface area contributed by atoms with Crippen LogP contribution in [0.3, 0.4) is 0 Å². The van der Waals surface area contributed by atoms with Crippen molar-refractivity contribution in [1.29, 1.82) is 5.26 Å². The van der Waals surface area contributed by atoms with E-state index in [1.54, 1.807) is 0 Å². The van der Waals surface area contributed by atoms with Crippen LogP contribution in [0.5, 0.6) is 5.75 Å². The molecule has 0 amide bonds. The van der Waals surface area contributed by atoms with E-state index in [0.29, 0.717) is 32.7 Å². The lowest BCUT2D eigenvalue weighted by molar-refractivity contribution is -0.154. The van der Waals surface area contributed by atoms with Crippen LogP contribution in [0.25, 0.3) is 0 Å². The zero-order valence-corrected chi connectivity index (χ0v) is 16.7. The average molecular weight is 401 g/mol. The van der Waals surface area contributed by atoms with E-state index in [0.717, 1.165) is 34.4 Å². The van der Waals surface area contributed by atoms with Gasteiger partial charge in [0.15, 0.2) is 5.79 Å². The zero-order chi connectivity index (χ0) is 20.2. The van der Waals surface area contributed by atoms with Crippen LogP contribution in [-0.4, -0.2) is 25.1 Å². The maximum Gasteiger partial charge on any atom is 0.194 e. The fourth-order valence-electron chi connectivity index (χ4n) is 5.73. The van der Waals surface area contributed by atoms with E-state index in [1.807, 2.05) is 30.5 Å². The summed E-state index contributed by atoms with van der Waals surface area (Å²) in [5, 5.41) is 10.4. The molecule has 6 rings (SSSR count). The first-order valence-electron chi connectivity index (χ1n) is 10.6. The van der Waals surface area contributed by atoms with E-state index in [4.69, 9.17) is 18.9 Å². The van der Waals surface area contributed by atoms with Gasteiger partial charge in [-0.15, -0.1) is 0 Å². The monoisotopic (exact) mass is 401 g/mol. The fraction of sp³-hybridized carbons (Fsp3) is 0.400. The maximum absolute atomic E-state index is 10.4. The lowest BCUT2D eigenvalue weighted by Gasteiger charge is -2.49. The molecular formula is C25H23NO4. The van der Waals surface area contributed by atoms with Gasteiger partial charge in [-0.1, -0.05) is 36.4 Å². The molecule has 2 aromatic carbocycles. The molecule has 1 saturated carbocycles. The first-order valence-corrected chi connectivity index (χ1v) is 10.6. The first-order chi connectivity index (χ1) is 14.7. The second-order valence-corrected chi connectivity index (χ2v) is 8.56. The van der Waals surface area contributed by atoms with Crippen LogP contribution in [0.15, 0.2) is 60.4 Å². The van der Waals surface area contributed by atoms with Crippen LogP contribution >= 0.6 is 0 Å². The van der Waals surface area contributed by atoms with Crippen LogP contribution in [0.1, 0.15) is 29.5 Å². The van der Waals surface area contributed by atoms with Gasteiger partial charge >= 0.3 is 0 Å². The standard InChI is InChI=1S/C25H23NO4/c26-16-24-8-9-25(29-10-11-30-25)21-15-28-22(23(21)24)13-18-12-19(6-7-20(18)24)27-14-17-4-2-1-3-5-17/h1-7,12,15,22-23H,8-11,13-14H2/t22-,23-,24-/m1/s1. The molecule has 30 heavy (non-hydrogen) atoms. The van der Waals surface area contributed by atoms with Crippen molar-refractivity contribution in [2.45, 2.75) is 43.2 Å². The second kappa shape index (κ2) is 6.60. The number of fused-ring (bicyclic) bond motifs is 3. The largest absolute Gasteiger partial charge is 0.497 e. The molecule has 2 fully saturated rings. The maximum atomic E-state index is 10.4. The number of hydrogen-bond acceptors (Lipinski definition) is 5. The van der Waals surface area contributed by atoms with Gasteiger partial charge in [-0.05, 0) is 35.2 Å². The van der Waals surface area contributed by atoms with Crippen molar-refractivity contribution in [3.63, 3.8) is 0 Å². The van der Waals surface area contributed by atoms with Crippen molar-refractivity contribution >= 4 is 0 Å². The fourth-order valence-corrected chi connectivity index (χ4v) is 5.73. The third-order valence-electron chi connectivity index (χ3n) is 7.08. The molecule has 0 unspecified atom stereocenters. The van der Waals surface area contributed by atoms with Gasteiger partial charge in [0.05, 0.1) is 31.0 Å². The molecule has 0 aromatic heterocycles. The number of ether oxygens (including phenoxy) is 4. The molecule has 2 heterocycles. The summed E-state index contributed by atoms with van der Waals surface area (Å²) in [5.41, 5.74) is 3.77. The molecule has 0 radical (unpaired) electrons. The second-order valence-electron chi connectivity index (χ2n) is 8.56. The van der Waals surface area contributed by atoms with Gasteiger partial charge in [0, 0.05) is 24.3 Å². The number of rotatable bonds is 3. The SMILES string of the molecule is N#C[C@]12CCC3(OCCO3)C3=CO[C@H](Cc4cc(OCc5ccccc5)ccc41)[C@@H]32. The van der Waals surface area contributed by atoms with Gasteiger partial charge in [-0.25, -0.2) is 0 Å². The minimum Gasteiger partial charge on any atom is -0.497 e. The molecule has 5 nitrogen and oxygen atoms in total. The van der Waals surface area contributed by atoms with E-state index in [2.05, 4.69) is 30.3 Å². The molecule has 152 valence electrons. The van der Waals surface area contributed by atoms with E-state index in [9.17, 15) is 5.26 Å². The third-order valence-corrected chi connectivity index (χ3v) is 7.08. The Balaban J connectivity index is 1.33. The van der Waals surface area contributed by atoms with Crippen molar-refractivity contribution in [2.75, 3.05) is 13.2 Å². The van der Waals surface area contributed by atoms with Gasteiger partial charge in [0.1, 0.15) is 18.5 Å². The Bertz CT molecular complexity index is 1050. The molecular weight excluding hydrogens is 378 g/mol. The van der Waals surface area contributed by atoms with Crippen molar-refractivity contribution in [3.8, 4) is 11.8 Å². The van der Waals surface area contributed by atoms with Gasteiger partial charge < -0.3 is 18.9 Å². The quantitative estimate of drug-likeness (QED) is 0.778. The molecule has 5 heteroatoms. The van der Waals surface area contributed by atoms with Crippen molar-refractivity contribution in [2.24, 2.45) is 5.92 Å². The summed E-state index contributed by atoms with van der Waals surface area (Å²) in [6, 6.07) is 19.0. The average Bonchev–Trinajstić information content (AvgIpc) is 3.44. The van der Waals surface area contributed by atoms with E-state index < -0.39 is 11.2 Å². The Hall–Kier alpha value is -2.81. The van der Waals surface area contributed by atoms with Crippen LogP contribution in [0.4, 0.5) is 0 Å². The molecule has 2 aliphatic heterocycles. The molecule has 1 spiro atoms. The molecule has 0 bridgehead atoms. The van der Waals surface area contributed by atoms with E-state index in [1.165, 1.54) is 0 Å². The summed E-state index contributed by atoms with van der Waals surface area (Å²) >= 11 is 0. The number of nitrogens with zero attached hydrogens (tertiary/aromatic N) is 1. The third kappa shape index (κ3) is 2.47. The van der Waals surface area contributed by atoms with Crippen molar-refractivity contribution in [3.05, 3.63) is 77.1 Å². The topological polar surface area (TPSA) is 60.7 Å². The summed E-state index contributed by atoms with van der Waals surface area (Å²) in [6.45, 7) is 1.70. The molecule has 2 aromatic rings. The highest BCUT2D eigenvalue weighted by Gasteiger charge is 2.63. The van der Waals surface area contributed by atoms with Crippen molar-refractivity contribution < 1.29 is 18.9 Å². The Morgan fingerprint density at radius 1 is 1.07 bits per heavy atom. The Morgan fingerprint density at radius 3 is 2.70 bits per heavy atom. The van der Waals surface area contributed by atoms with E-state index >= 15 is 0 Å². The van der Waals surface area contributed by atoms with Gasteiger partial charge in [-0.2, -0.15) is 5.26 Å². The Labute approximate surface area is 175 Å². The summed E-state index contributed by atoms with van der Waals surface area (Å²) in [5.74, 6) is 0.0960. The number of benzene rings is 2. The van der Waals surface area contributed by atoms with Crippen LogP contribution in [0, 0.1) is 17.2 Å². The molecule has 2 aliphatic carbocycles. The highest BCUT2D eigenvalue weighted by Crippen LogP contribution is 2.59. The number of hydrogen-bond donors (Lipinski definition) is 0. The first kappa shape index (κ1) is 18.0. The predicted molar refractivity (Wildman–Crippen MR) is 109 cm³/mol. The van der Waals surface area contributed by atoms with E-state index in [-0.39, 0.29) is 12.0 Å². The predicted octanol–water partition coefficient (Wildman–Crippen LogP) is 4.02. The molecule has 1 saturated heterocycles. The van der Waals surface area contributed by atoms with Gasteiger partial charge in [0.2, 0.25) is 0 Å². The summed E-state index contributed by atoms with van der Waals surface area (Å²) in [7, 11) is 0. The smallest absolute Gasteiger partial charge is 0.194 e. The lowest BCUT2D eigenvalue weighted by atomic mass is 9.55. The molecule has 4 aliphatic rings. The van der Waals surface area contributed by atoms with Gasteiger partial charge in [-0.3, -0.25) is 0 Å². The van der Waals surface area contributed by atoms with Crippen LogP contribution < -0.4 is 4.74 Å². The summed E-state index contributed by atoms with van der Waals surface area (Å²) in [4.78, 5) is 0. The van der Waals surface area contributed by atoms with Crippen LogP contribution in [-0.2, 0) is 32.7 Å². The normalized spacial score (nSPS) is 30.0. The Morgan fingerprint density at radius 2 is 1.90 bits per heavy atom. The lowest BCUT2D eigenvalue weighted by Crippen LogP contribution is -2.54. The van der Waals surface area contributed by atoms with Crippen LogP contribution in [0.2, 0.25) is 0 Å². The summed E-state index contributed by atoms with van der Waals surface area (Å²) in [6.07, 6.45) is 3.86. The minimum absolute atomic E-state index is 0.0297. The Kier molecular flexibility index (Phi) is 3.96. The molecule has 0 N–H and O–H groups in total. The number of nitriles is 1. The highest BCUT2D eigenvalue weighted by atomic mass is 16.7.